The Labute approximate surface area is 120 Å². The fraction of sp³-hybridized carbons (Fsp3) is 0.412. The molecular weight excluding hydrogens is 248 g/mol. The fourth-order valence-electron chi connectivity index (χ4n) is 3.16. The quantitative estimate of drug-likeness (QED) is 0.864. The van der Waals surface area contributed by atoms with Crippen LogP contribution < -0.4 is 4.74 Å². The molecule has 106 valence electrons. The lowest BCUT2D eigenvalue weighted by Gasteiger charge is -2.15. The van der Waals surface area contributed by atoms with E-state index in [4.69, 9.17) is 4.74 Å². The van der Waals surface area contributed by atoms with E-state index in [0.717, 1.165) is 31.8 Å². The van der Waals surface area contributed by atoms with Gasteiger partial charge < -0.3 is 9.72 Å². The van der Waals surface area contributed by atoms with Crippen LogP contribution in [0.4, 0.5) is 0 Å². The van der Waals surface area contributed by atoms with Crippen LogP contribution in [-0.2, 0) is 6.42 Å². The fourth-order valence-corrected chi connectivity index (χ4v) is 3.16. The summed E-state index contributed by atoms with van der Waals surface area (Å²) in [5.74, 6) is 0.973. The number of rotatable bonds is 4. The van der Waals surface area contributed by atoms with Gasteiger partial charge in [-0.3, -0.25) is 4.90 Å². The summed E-state index contributed by atoms with van der Waals surface area (Å²) in [6.45, 7) is 7.60. The van der Waals surface area contributed by atoms with Crippen molar-refractivity contribution in [2.24, 2.45) is 0 Å². The van der Waals surface area contributed by atoms with Crippen molar-refractivity contribution in [2.45, 2.75) is 20.3 Å². The van der Waals surface area contributed by atoms with E-state index in [1.807, 2.05) is 6.07 Å². The van der Waals surface area contributed by atoms with Crippen molar-refractivity contribution >= 4 is 10.9 Å². The van der Waals surface area contributed by atoms with E-state index in [0.29, 0.717) is 0 Å². The first-order chi connectivity index (χ1) is 9.70. The Kier molecular flexibility index (Phi) is 3.53. The molecule has 0 radical (unpaired) electrons. The molecule has 0 atom stereocenters. The summed E-state index contributed by atoms with van der Waals surface area (Å²) in [7, 11) is 1.74. The van der Waals surface area contributed by atoms with Gasteiger partial charge in [0.15, 0.2) is 0 Å². The molecule has 0 bridgehead atoms. The number of aromatic amines is 1. The van der Waals surface area contributed by atoms with Gasteiger partial charge in [0.2, 0.25) is 0 Å². The van der Waals surface area contributed by atoms with Gasteiger partial charge in [0.05, 0.1) is 7.11 Å². The van der Waals surface area contributed by atoms with E-state index in [2.05, 4.69) is 41.9 Å². The molecule has 3 nitrogen and oxygen atoms in total. The molecule has 1 aliphatic rings. The molecule has 0 unspecified atom stereocenters. The predicted octanol–water partition coefficient (Wildman–Crippen LogP) is 3.21. The molecule has 0 saturated heterocycles. The van der Waals surface area contributed by atoms with Crippen molar-refractivity contribution in [1.29, 1.82) is 0 Å². The lowest BCUT2D eigenvalue weighted by atomic mass is 10.0. The minimum Gasteiger partial charge on any atom is -0.496 e. The van der Waals surface area contributed by atoms with Crippen LogP contribution in [0.25, 0.3) is 10.9 Å². The lowest BCUT2D eigenvalue weighted by molar-refractivity contribution is 0.357. The Morgan fingerprint density at radius 2 is 1.95 bits per heavy atom. The monoisotopic (exact) mass is 270 g/mol. The predicted molar refractivity (Wildman–Crippen MR) is 83.6 cm³/mol. The number of hydrogen-bond donors (Lipinski definition) is 1. The highest BCUT2D eigenvalue weighted by molar-refractivity contribution is 5.89. The van der Waals surface area contributed by atoms with Crippen LogP contribution in [0, 0.1) is 13.8 Å². The van der Waals surface area contributed by atoms with Crippen molar-refractivity contribution in [3.63, 3.8) is 0 Å². The van der Waals surface area contributed by atoms with Crippen LogP contribution in [0.5, 0.6) is 5.75 Å². The van der Waals surface area contributed by atoms with Crippen LogP contribution in [0.3, 0.4) is 0 Å². The first-order valence-corrected chi connectivity index (χ1v) is 7.23. The first kappa shape index (κ1) is 13.3. The molecule has 0 saturated carbocycles. The number of benzene rings is 1. The molecule has 1 aliphatic heterocycles. The second kappa shape index (κ2) is 5.33. The average molecular weight is 270 g/mol. The highest BCUT2D eigenvalue weighted by Gasteiger charge is 2.15. The van der Waals surface area contributed by atoms with Crippen LogP contribution in [0.1, 0.15) is 16.8 Å². The number of H-pyrrole nitrogens is 1. The van der Waals surface area contributed by atoms with Crippen molar-refractivity contribution in [2.75, 3.05) is 26.7 Å². The van der Waals surface area contributed by atoms with Gasteiger partial charge in [-0.15, -0.1) is 0 Å². The molecule has 2 aromatic rings. The van der Waals surface area contributed by atoms with Gasteiger partial charge in [-0.05, 0) is 38.0 Å². The smallest absolute Gasteiger partial charge is 0.122 e. The Hall–Kier alpha value is -1.74. The molecule has 0 amide bonds. The van der Waals surface area contributed by atoms with Gasteiger partial charge in [-0.25, -0.2) is 0 Å². The van der Waals surface area contributed by atoms with Gasteiger partial charge in [-0.1, -0.05) is 12.2 Å². The third-order valence-electron chi connectivity index (χ3n) is 4.28. The number of aryl methyl sites for hydroxylation is 2. The van der Waals surface area contributed by atoms with Gasteiger partial charge in [0, 0.05) is 41.8 Å². The summed E-state index contributed by atoms with van der Waals surface area (Å²) in [6, 6.07) is 4.16. The topological polar surface area (TPSA) is 28.3 Å². The maximum atomic E-state index is 5.46. The number of nitrogens with one attached hydrogen (secondary N) is 1. The van der Waals surface area contributed by atoms with Gasteiger partial charge in [0.1, 0.15) is 5.75 Å². The largest absolute Gasteiger partial charge is 0.496 e. The Morgan fingerprint density at radius 3 is 2.65 bits per heavy atom. The molecule has 0 spiro atoms. The number of methoxy groups -OCH3 is 1. The van der Waals surface area contributed by atoms with E-state index in [-0.39, 0.29) is 0 Å². The zero-order chi connectivity index (χ0) is 14.1. The number of fused-ring (bicyclic) bond motifs is 1. The molecule has 1 aromatic carbocycles. The SMILES string of the molecule is COc1ccc2[nH]c(C)c(CCN3CC=CC3)c2c1C. The summed E-state index contributed by atoms with van der Waals surface area (Å²) < 4.78 is 5.46. The highest BCUT2D eigenvalue weighted by Crippen LogP contribution is 2.31. The molecule has 1 aromatic heterocycles. The molecule has 3 rings (SSSR count). The molecule has 0 aliphatic carbocycles. The first-order valence-electron chi connectivity index (χ1n) is 7.23. The molecule has 0 fully saturated rings. The zero-order valence-corrected chi connectivity index (χ0v) is 12.5. The van der Waals surface area contributed by atoms with Crippen molar-refractivity contribution in [3.05, 3.63) is 41.1 Å². The molecule has 20 heavy (non-hydrogen) atoms. The number of hydrogen-bond acceptors (Lipinski definition) is 2. The molecular formula is C17H22N2O. The van der Waals surface area contributed by atoms with Gasteiger partial charge >= 0.3 is 0 Å². The van der Waals surface area contributed by atoms with Crippen LogP contribution in [0.2, 0.25) is 0 Å². The minimum absolute atomic E-state index is 0.973. The Balaban J connectivity index is 1.94. The lowest BCUT2D eigenvalue weighted by Crippen LogP contribution is -2.22. The second-order valence-electron chi connectivity index (χ2n) is 5.52. The maximum absolute atomic E-state index is 5.46. The van der Waals surface area contributed by atoms with Crippen LogP contribution in [0.15, 0.2) is 24.3 Å². The van der Waals surface area contributed by atoms with Crippen LogP contribution >= 0.6 is 0 Å². The highest BCUT2D eigenvalue weighted by atomic mass is 16.5. The maximum Gasteiger partial charge on any atom is 0.122 e. The van der Waals surface area contributed by atoms with E-state index < -0.39 is 0 Å². The summed E-state index contributed by atoms with van der Waals surface area (Å²) in [5.41, 5.74) is 5.17. The molecule has 3 heteroatoms. The third-order valence-corrected chi connectivity index (χ3v) is 4.28. The Morgan fingerprint density at radius 1 is 1.20 bits per heavy atom. The molecule has 2 heterocycles. The van der Waals surface area contributed by atoms with Crippen LogP contribution in [-0.4, -0.2) is 36.6 Å². The van der Waals surface area contributed by atoms with E-state index in [9.17, 15) is 0 Å². The van der Waals surface area contributed by atoms with E-state index in [1.165, 1.54) is 27.7 Å². The number of aromatic nitrogens is 1. The van der Waals surface area contributed by atoms with E-state index in [1.54, 1.807) is 7.11 Å². The van der Waals surface area contributed by atoms with Crippen molar-refractivity contribution < 1.29 is 4.74 Å². The van der Waals surface area contributed by atoms with Gasteiger partial charge in [-0.2, -0.15) is 0 Å². The summed E-state index contributed by atoms with van der Waals surface area (Å²) in [6.07, 6.45) is 5.58. The average Bonchev–Trinajstić information content (AvgIpc) is 3.04. The molecule has 1 N–H and O–H groups in total. The van der Waals surface area contributed by atoms with E-state index >= 15 is 0 Å². The Bertz CT molecular complexity index is 647. The standard InChI is InChI=1S/C17H22N2O/c1-12-16(20-3)7-6-15-17(12)14(13(2)18-15)8-11-19-9-4-5-10-19/h4-7,18H,8-11H2,1-3H3. The van der Waals surface area contributed by atoms with Gasteiger partial charge in [0.25, 0.3) is 0 Å². The normalized spacial score (nSPS) is 15.3. The summed E-state index contributed by atoms with van der Waals surface area (Å²) in [4.78, 5) is 5.97. The van der Waals surface area contributed by atoms with Crippen molar-refractivity contribution in [3.8, 4) is 5.75 Å². The van der Waals surface area contributed by atoms with Crippen molar-refractivity contribution in [1.82, 2.24) is 9.88 Å². The summed E-state index contributed by atoms with van der Waals surface area (Å²) >= 11 is 0. The second-order valence-corrected chi connectivity index (χ2v) is 5.52. The zero-order valence-electron chi connectivity index (χ0n) is 12.5. The minimum atomic E-state index is 0.973. The number of ether oxygens (including phenoxy) is 1. The number of nitrogens with zero attached hydrogens (tertiary/aromatic N) is 1. The third kappa shape index (κ3) is 2.22. The summed E-state index contributed by atoms with van der Waals surface area (Å²) in [5, 5.41) is 1.34.